The highest BCUT2D eigenvalue weighted by Crippen LogP contribution is 2.42. The van der Waals surface area contributed by atoms with Crippen LogP contribution in [0.3, 0.4) is 0 Å². The minimum atomic E-state index is 0.669. The summed E-state index contributed by atoms with van der Waals surface area (Å²) in [6.45, 7) is 2.63. The fraction of sp³-hybridized carbons (Fsp3) is 0.455. The maximum Gasteiger partial charge on any atom is 0.137 e. The summed E-state index contributed by atoms with van der Waals surface area (Å²) in [5.74, 6) is 1.56. The van der Waals surface area contributed by atoms with Crippen molar-refractivity contribution < 1.29 is 4.74 Å². The van der Waals surface area contributed by atoms with Gasteiger partial charge in [0.05, 0.1) is 11.6 Å². The third-order valence-electron chi connectivity index (χ3n) is 2.30. The van der Waals surface area contributed by atoms with Crippen molar-refractivity contribution >= 4 is 11.6 Å². The average molecular weight is 197 g/mol. The molecule has 0 saturated heterocycles. The van der Waals surface area contributed by atoms with Crippen molar-refractivity contribution in [1.29, 1.82) is 0 Å². The first-order chi connectivity index (χ1) is 6.31. The van der Waals surface area contributed by atoms with Crippen LogP contribution in [0.25, 0.3) is 0 Å². The molecule has 0 unspecified atom stereocenters. The van der Waals surface area contributed by atoms with E-state index < -0.39 is 0 Å². The summed E-state index contributed by atoms with van der Waals surface area (Å²) in [5, 5.41) is 0.742. The highest BCUT2D eigenvalue weighted by Gasteiger charge is 2.23. The molecule has 0 amide bonds. The normalized spacial score (nSPS) is 15.8. The topological polar surface area (TPSA) is 9.23 Å². The molecule has 0 N–H and O–H groups in total. The van der Waals surface area contributed by atoms with Gasteiger partial charge in [-0.15, -0.1) is 0 Å². The average Bonchev–Trinajstić information content (AvgIpc) is 2.91. The van der Waals surface area contributed by atoms with E-state index in [0.29, 0.717) is 6.61 Å². The molecule has 2 heteroatoms. The summed E-state index contributed by atoms with van der Waals surface area (Å²) < 4.78 is 5.36. The van der Waals surface area contributed by atoms with E-state index in [2.05, 4.69) is 6.07 Å². The number of ether oxygens (including phenoxy) is 1. The molecule has 70 valence electrons. The lowest BCUT2D eigenvalue weighted by atomic mass is 10.1. The zero-order valence-electron chi connectivity index (χ0n) is 7.72. The Morgan fingerprint density at radius 3 is 2.77 bits per heavy atom. The number of hydrogen-bond acceptors (Lipinski definition) is 1. The lowest BCUT2D eigenvalue weighted by molar-refractivity contribution is 0.340. The summed E-state index contributed by atoms with van der Waals surface area (Å²) in [7, 11) is 0. The van der Waals surface area contributed by atoms with Crippen LogP contribution in [0.1, 0.15) is 31.2 Å². The summed E-state index contributed by atoms with van der Waals surface area (Å²) in [4.78, 5) is 0. The van der Waals surface area contributed by atoms with Gasteiger partial charge in [-0.3, -0.25) is 0 Å². The summed E-state index contributed by atoms with van der Waals surface area (Å²) in [6, 6.07) is 6.12. The molecular weight excluding hydrogens is 184 g/mol. The van der Waals surface area contributed by atoms with Crippen molar-refractivity contribution in [3.63, 3.8) is 0 Å². The van der Waals surface area contributed by atoms with Crippen LogP contribution in [-0.2, 0) is 0 Å². The van der Waals surface area contributed by atoms with Crippen molar-refractivity contribution in [3.8, 4) is 5.75 Å². The van der Waals surface area contributed by atoms with E-state index in [1.807, 2.05) is 19.1 Å². The van der Waals surface area contributed by atoms with E-state index in [9.17, 15) is 0 Å². The zero-order valence-corrected chi connectivity index (χ0v) is 8.47. The second-order valence-corrected chi connectivity index (χ2v) is 3.80. The smallest absolute Gasteiger partial charge is 0.137 e. The molecule has 1 aliphatic carbocycles. The quantitative estimate of drug-likeness (QED) is 0.718. The van der Waals surface area contributed by atoms with Crippen LogP contribution >= 0.6 is 11.6 Å². The minimum Gasteiger partial charge on any atom is -0.492 e. The van der Waals surface area contributed by atoms with Gasteiger partial charge in [0.2, 0.25) is 0 Å². The molecule has 0 radical (unpaired) electrons. The second-order valence-electron chi connectivity index (χ2n) is 3.40. The van der Waals surface area contributed by atoms with E-state index in [1.54, 1.807) is 0 Å². The standard InChI is InChI=1S/C11H13ClO/c1-2-13-11-6-5-9(7-10(11)12)8-3-4-8/h5-8H,2-4H2,1H3. The summed E-state index contributed by atoms with van der Waals surface area (Å²) in [6.07, 6.45) is 2.62. The molecule has 1 fully saturated rings. The largest absolute Gasteiger partial charge is 0.492 e. The SMILES string of the molecule is CCOc1ccc(C2CC2)cc1Cl. The Balaban J connectivity index is 2.21. The van der Waals surface area contributed by atoms with Gasteiger partial charge in [0, 0.05) is 0 Å². The molecule has 0 atom stereocenters. The Morgan fingerprint density at radius 2 is 2.23 bits per heavy atom. The fourth-order valence-electron chi connectivity index (χ4n) is 1.46. The molecule has 2 rings (SSSR count). The molecule has 0 heterocycles. The Labute approximate surface area is 83.7 Å². The molecule has 0 bridgehead atoms. The molecular formula is C11H13ClO. The van der Waals surface area contributed by atoms with Crippen LogP contribution in [0.4, 0.5) is 0 Å². The Hall–Kier alpha value is -0.690. The maximum atomic E-state index is 6.06. The Morgan fingerprint density at radius 1 is 1.46 bits per heavy atom. The van der Waals surface area contributed by atoms with E-state index in [4.69, 9.17) is 16.3 Å². The third kappa shape index (κ3) is 1.97. The number of benzene rings is 1. The predicted octanol–water partition coefficient (Wildman–Crippen LogP) is 3.62. The first-order valence-corrected chi connectivity index (χ1v) is 5.11. The van der Waals surface area contributed by atoms with Crippen molar-refractivity contribution in [2.75, 3.05) is 6.61 Å². The maximum absolute atomic E-state index is 6.06. The number of halogens is 1. The zero-order chi connectivity index (χ0) is 9.26. The number of rotatable bonds is 3. The molecule has 1 aliphatic rings. The number of hydrogen-bond donors (Lipinski definition) is 0. The third-order valence-corrected chi connectivity index (χ3v) is 2.60. The van der Waals surface area contributed by atoms with Crippen molar-refractivity contribution in [3.05, 3.63) is 28.8 Å². The van der Waals surface area contributed by atoms with E-state index in [-0.39, 0.29) is 0 Å². The first-order valence-electron chi connectivity index (χ1n) is 4.73. The highest BCUT2D eigenvalue weighted by atomic mass is 35.5. The molecule has 1 nitrogen and oxygen atoms in total. The second kappa shape index (κ2) is 3.59. The van der Waals surface area contributed by atoms with Gasteiger partial charge in [0.25, 0.3) is 0 Å². The summed E-state index contributed by atoms with van der Waals surface area (Å²) >= 11 is 6.06. The van der Waals surface area contributed by atoms with Crippen molar-refractivity contribution in [2.24, 2.45) is 0 Å². The first kappa shape index (κ1) is 8.89. The van der Waals surface area contributed by atoms with Crippen molar-refractivity contribution in [2.45, 2.75) is 25.7 Å². The molecule has 0 aromatic heterocycles. The minimum absolute atomic E-state index is 0.669. The van der Waals surface area contributed by atoms with Gasteiger partial charge in [0.1, 0.15) is 5.75 Å². The van der Waals surface area contributed by atoms with Gasteiger partial charge in [-0.25, -0.2) is 0 Å². The monoisotopic (exact) mass is 196 g/mol. The van der Waals surface area contributed by atoms with Gasteiger partial charge in [-0.05, 0) is 43.4 Å². The lowest BCUT2D eigenvalue weighted by Gasteiger charge is -2.06. The fourth-order valence-corrected chi connectivity index (χ4v) is 1.70. The van der Waals surface area contributed by atoms with Crippen LogP contribution in [0.15, 0.2) is 18.2 Å². The van der Waals surface area contributed by atoms with Gasteiger partial charge in [0.15, 0.2) is 0 Å². The predicted molar refractivity (Wildman–Crippen MR) is 54.6 cm³/mol. The van der Waals surface area contributed by atoms with Gasteiger partial charge >= 0.3 is 0 Å². The van der Waals surface area contributed by atoms with Crippen LogP contribution in [0, 0.1) is 0 Å². The van der Waals surface area contributed by atoms with Crippen molar-refractivity contribution in [1.82, 2.24) is 0 Å². The van der Waals surface area contributed by atoms with Crippen LogP contribution < -0.4 is 4.74 Å². The highest BCUT2D eigenvalue weighted by molar-refractivity contribution is 6.32. The molecule has 1 saturated carbocycles. The van der Waals surface area contributed by atoms with Crippen LogP contribution in [0.2, 0.25) is 5.02 Å². The molecule has 1 aromatic carbocycles. The molecule has 0 aliphatic heterocycles. The Kier molecular flexibility index (Phi) is 2.45. The molecule has 1 aromatic rings. The van der Waals surface area contributed by atoms with E-state index in [0.717, 1.165) is 16.7 Å². The molecule has 13 heavy (non-hydrogen) atoms. The van der Waals surface area contributed by atoms with Crippen LogP contribution in [0.5, 0.6) is 5.75 Å². The van der Waals surface area contributed by atoms with Gasteiger partial charge < -0.3 is 4.74 Å². The Bertz CT molecular complexity index is 305. The lowest BCUT2D eigenvalue weighted by Crippen LogP contribution is -1.92. The van der Waals surface area contributed by atoms with Crippen LogP contribution in [-0.4, -0.2) is 6.61 Å². The van der Waals surface area contributed by atoms with Gasteiger partial charge in [-0.2, -0.15) is 0 Å². The van der Waals surface area contributed by atoms with E-state index >= 15 is 0 Å². The molecule has 0 spiro atoms. The van der Waals surface area contributed by atoms with Gasteiger partial charge in [-0.1, -0.05) is 17.7 Å². The summed E-state index contributed by atoms with van der Waals surface area (Å²) in [5.41, 5.74) is 1.36. The van der Waals surface area contributed by atoms with E-state index in [1.165, 1.54) is 18.4 Å².